The molecule has 0 bridgehead atoms. The fourth-order valence-corrected chi connectivity index (χ4v) is 3.31. The van der Waals surface area contributed by atoms with E-state index in [9.17, 15) is 4.79 Å². The van der Waals surface area contributed by atoms with Crippen molar-refractivity contribution in [2.24, 2.45) is 0 Å². The first-order chi connectivity index (χ1) is 11.6. The number of hydrogen-bond donors (Lipinski definition) is 0. The highest BCUT2D eigenvalue weighted by Gasteiger charge is 2.33. The Morgan fingerprint density at radius 3 is 2.42 bits per heavy atom. The maximum atomic E-state index is 12.9. The Kier molecular flexibility index (Phi) is 5.32. The summed E-state index contributed by atoms with van der Waals surface area (Å²) in [6, 6.07) is 13.4. The Morgan fingerprint density at radius 1 is 1.12 bits per heavy atom. The largest absolute Gasteiger partial charge is 0.496 e. The Hall–Kier alpha value is -1.71. The molecule has 0 aliphatic heterocycles. The molecular formula is C19H19Cl2NO2. The third kappa shape index (κ3) is 3.85. The Morgan fingerprint density at radius 2 is 1.79 bits per heavy atom. The van der Waals surface area contributed by atoms with Crippen LogP contribution in [0.3, 0.4) is 0 Å². The minimum absolute atomic E-state index is 0.0402. The zero-order valence-electron chi connectivity index (χ0n) is 13.5. The van der Waals surface area contributed by atoms with Crippen molar-refractivity contribution >= 4 is 29.1 Å². The molecule has 1 fully saturated rings. The van der Waals surface area contributed by atoms with E-state index in [1.165, 1.54) is 0 Å². The van der Waals surface area contributed by atoms with Gasteiger partial charge in [0.05, 0.1) is 13.5 Å². The Labute approximate surface area is 152 Å². The number of hydrogen-bond acceptors (Lipinski definition) is 2. The lowest BCUT2D eigenvalue weighted by Crippen LogP contribution is -2.34. The zero-order chi connectivity index (χ0) is 17.1. The van der Waals surface area contributed by atoms with Crippen molar-refractivity contribution in [2.45, 2.75) is 31.8 Å². The zero-order valence-corrected chi connectivity index (χ0v) is 15.0. The van der Waals surface area contributed by atoms with Crippen LogP contribution in [-0.2, 0) is 17.8 Å². The van der Waals surface area contributed by atoms with Crippen molar-refractivity contribution in [1.29, 1.82) is 0 Å². The lowest BCUT2D eigenvalue weighted by Gasteiger charge is -2.24. The first kappa shape index (κ1) is 17.1. The highest BCUT2D eigenvalue weighted by molar-refractivity contribution is 6.36. The van der Waals surface area contributed by atoms with E-state index in [1.807, 2.05) is 29.2 Å². The van der Waals surface area contributed by atoms with Crippen LogP contribution >= 0.6 is 23.2 Å². The van der Waals surface area contributed by atoms with E-state index in [0.717, 1.165) is 24.2 Å². The van der Waals surface area contributed by atoms with Crippen molar-refractivity contribution in [3.63, 3.8) is 0 Å². The number of ether oxygens (including phenoxy) is 1. The summed E-state index contributed by atoms with van der Waals surface area (Å²) in [5.41, 5.74) is 1.70. The molecule has 0 spiro atoms. The van der Waals surface area contributed by atoms with Crippen LogP contribution in [0.15, 0.2) is 42.5 Å². The Bertz CT molecular complexity index is 724. The monoisotopic (exact) mass is 363 g/mol. The van der Waals surface area contributed by atoms with Gasteiger partial charge in [0.15, 0.2) is 0 Å². The van der Waals surface area contributed by atoms with Gasteiger partial charge in [0, 0.05) is 28.2 Å². The number of carbonyl (C=O) groups is 1. The molecule has 3 nitrogen and oxygen atoms in total. The van der Waals surface area contributed by atoms with E-state index in [1.54, 1.807) is 25.3 Å². The van der Waals surface area contributed by atoms with Gasteiger partial charge in [-0.2, -0.15) is 0 Å². The van der Waals surface area contributed by atoms with E-state index in [2.05, 4.69) is 0 Å². The van der Waals surface area contributed by atoms with Gasteiger partial charge in [-0.1, -0.05) is 47.5 Å². The van der Waals surface area contributed by atoms with Crippen molar-refractivity contribution in [3.05, 3.63) is 63.6 Å². The molecule has 0 atom stereocenters. The van der Waals surface area contributed by atoms with Crippen LogP contribution in [0.1, 0.15) is 24.0 Å². The molecule has 126 valence electrons. The second kappa shape index (κ2) is 7.45. The predicted molar refractivity (Wildman–Crippen MR) is 96.7 cm³/mol. The third-order valence-corrected chi connectivity index (χ3v) is 4.94. The smallest absolute Gasteiger partial charge is 0.227 e. The fourth-order valence-electron chi connectivity index (χ4n) is 2.78. The van der Waals surface area contributed by atoms with Gasteiger partial charge in [0.1, 0.15) is 5.75 Å². The summed E-state index contributed by atoms with van der Waals surface area (Å²) >= 11 is 12.4. The molecule has 0 heterocycles. The van der Waals surface area contributed by atoms with Crippen LogP contribution in [0.4, 0.5) is 0 Å². The molecule has 0 radical (unpaired) electrons. The predicted octanol–water partition coefficient (Wildman–Crippen LogP) is 4.74. The van der Waals surface area contributed by atoms with Crippen LogP contribution in [0.25, 0.3) is 0 Å². The Balaban J connectivity index is 1.80. The minimum atomic E-state index is 0.0402. The van der Waals surface area contributed by atoms with Crippen LogP contribution in [0.5, 0.6) is 5.75 Å². The van der Waals surface area contributed by atoms with Gasteiger partial charge < -0.3 is 9.64 Å². The molecule has 3 rings (SSSR count). The quantitative estimate of drug-likeness (QED) is 0.741. The summed E-state index contributed by atoms with van der Waals surface area (Å²) in [7, 11) is 1.64. The van der Waals surface area contributed by atoms with E-state index >= 15 is 0 Å². The highest BCUT2D eigenvalue weighted by atomic mass is 35.5. The molecule has 2 aromatic rings. The second-order valence-electron chi connectivity index (χ2n) is 5.94. The average molecular weight is 364 g/mol. The third-order valence-electron chi connectivity index (χ3n) is 4.23. The van der Waals surface area contributed by atoms with Gasteiger partial charge in [-0.05, 0) is 36.6 Å². The molecule has 24 heavy (non-hydrogen) atoms. The normalized spacial score (nSPS) is 13.6. The van der Waals surface area contributed by atoms with Crippen LogP contribution < -0.4 is 4.74 Å². The summed E-state index contributed by atoms with van der Waals surface area (Å²) in [6.45, 7) is 0.537. The van der Waals surface area contributed by atoms with Crippen molar-refractivity contribution < 1.29 is 9.53 Å². The maximum Gasteiger partial charge on any atom is 0.227 e. The van der Waals surface area contributed by atoms with Crippen LogP contribution in [0.2, 0.25) is 10.0 Å². The van der Waals surface area contributed by atoms with Gasteiger partial charge in [0.2, 0.25) is 5.91 Å². The summed E-state index contributed by atoms with van der Waals surface area (Å²) < 4.78 is 5.40. The van der Waals surface area contributed by atoms with Crippen molar-refractivity contribution in [3.8, 4) is 5.75 Å². The topological polar surface area (TPSA) is 29.5 Å². The van der Waals surface area contributed by atoms with E-state index < -0.39 is 0 Å². The molecule has 2 aromatic carbocycles. The number of nitrogens with zero attached hydrogens (tertiary/aromatic N) is 1. The molecule has 5 heteroatoms. The molecule has 0 N–H and O–H groups in total. The molecule has 1 saturated carbocycles. The summed E-state index contributed by atoms with van der Waals surface area (Å²) in [5.74, 6) is 0.838. The molecule has 0 unspecified atom stereocenters. The van der Waals surface area contributed by atoms with Crippen LogP contribution in [0, 0.1) is 0 Å². The maximum absolute atomic E-state index is 12.9. The molecule has 0 saturated heterocycles. The molecule has 1 amide bonds. The number of methoxy groups -OCH3 is 1. The van der Waals surface area contributed by atoms with Gasteiger partial charge in [-0.15, -0.1) is 0 Å². The van der Waals surface area contributed by atoms with E-state index in [0.29, 0.717) is 28.2 Å². The summed E-state index contributed by atoms with van der Waals surface area (Å²) in [5, 5.41) is 1.06. The lowest BCUT2D eigenvalue weighted by molar-refractivity contribution is -0.131. The van der Waals surface area contributed by atoms with Gasteiger partial charge in [0.25, 0.3) is 0 Å². The van der Waals surface area contributed by atoms with Gasteiger partial charge in [-0.25, -0.2) is 0 Å². The fraction of sp³-hybridized carbons (Fsp3) is 0.316. The van der Waals surface area contributed by atoms with Gasteiger partial charge in [-0.3, -0.25) is 4.79 Å². The number of benzene rings is 2. The molecule has 1 aliphatic carbocycles. The standard InChI is InChI=1S/C19H19Cl2NO2/c1-24-18-8-3-2-5-13(18)12-22(14-9-10-14)19(23)11-15-16(20)6-4-7-17(15)21/h2-8,14H,9-12H2,1H3. The lowest BCUT2D eigenvalue weighted by atomic mass is 10.1. The van der Waals surface area contributed by atoms with Crippen LogP contribution in [-0.4, -0.2) is 24.0 Å². The summed E-state index contributed by atoms with van der Waals surface area (Å²) in [4.78, 5) is 14.8. The van der Waals surface area contributed by atoms with Gasteiger partial charge >= 0.3 is 0 Å². The van der Waals surface area contributed by atoms with E-state index in [4.69, 9.17) is 27.9 Å². The van der Waals surface area contributed by atoms with E-state index in [-0.39, 0.29) is 12.3 Å². The number of amides is 1. The average Bonchev–Trinajstić information content (AvgIpc) is 3.41. The van der Waals surface area contributed by atoms with Crippen molar-refractivity contribution in [1.82, 2.24) is 4.90 Å². The molecule has 0 aromatic heterocycles. The first-order valence-corrected chi connectivity index (χ1v) is 8.70. The molecule has 1 aliphatic rings. The van der Waals surface area contributed by atoms with Crippen molar-refractivity contribution in [2.75, 3.05) is 7.11 Å². The minimum Gasteiger partial charge on any atom is -0.496 e. The SMILES string of the molecule is COc1ccccc1CN(C(=O)Cc1c(Cl)cccc1Cl)C1CC1. The number of carbonyl (C=O) groups excluding carboxylic acids is 1. The molecular weight excluding hydrogens is 345 g/mol. The second-order valence-corrected chi connectivity index (χ2v) is 6.76. The first-order valence-electron chi connectivity index (χ1n) is 7.94. The summed E-state index contributed by atoms with van der Waals surface area (Å²) in [6.07, 6.45) is 2.29. The highest BCUT2D eigenvalue weighted by Crippen LogP contribution is 2.32. The number of halogens is 2. The number of rotatable bonds is 6. The number of para-hydroxylation sites is 1.